The molecular weight excluding hydrogens is 302 g/mol. The van der Waals surface area contributed by atoms with Gasteiger partial charge in [0.05, 0.1) is 0 Å². The molecule has 6 nitrogen and oxygen atoms in total. The Morgan fingerprint density at radius 2 is 1.79 bits per heavy atom. The molecule has 3 fully saturated rings. The number of amides is 1. The van der Waals surface area contributed by atoms with Crippen molar-refractivity contribution in [2.24, 2.45) is 0 Å². The van der Waals surface area contributed by atoms with E-state index >= 15 is 0 Å². The van der Waals surface area contributed by atoms with Gasteiger partial charge in [0.25, 0.3) is 5.91 Å². The van der Waals surface area contributed by atoms with Gasteiger partial charge in [-0.3, -0.25) is 9.48 Å². The van der Waals surface area contributed by atoms with E-state index in [1.54, 1.807) is 6.20 Å². The third-order valence-electron chi connectivity index (χ3n) is 6.18. The van der Waals surface area contributed by atoms with Gasteiger partial charge in [0.15, 0.2) is 0 Å². The normalized spacial score (nSPS) is 25.9. The summed E-state index contributed by atoms with van der Waals surface area (Å²) in [4.78, 5) is 18.2. The summed E-state index contributed by atoms with van der Waals surface area (Å²) in [6, 6.07) is 2.61. The van der Waals surface area contributed by atoms with Crippen LogP contribution in [0, 0.1) is 0 Å². The molecule has 0 aliphatic carbocycles. The molecule has 4 heterocycles. The van der Waals surface area contributed by atoms with Crippen molar-refractivity contribution >= 4 is 5.91 Å². The highest BCUT2D eigenvalue weighted by atomic mass is 16.2. The molecule has 1 aromatic rings. The van der Waals surface area contributed by atoms with E-state index in [1.165, 1.54) is 25.9 Å². The van der Waals surface area contributed by atoms with Gasteiger partial charge in [-0.1, -0.05) is 0 Å². The maximum absolute atomic E-state index is 13.4. The van der Waals surface area contributed by atoms with Crippen molar-refractivity contribution in [3.8, 4) is 0 Å². The first-order valence-electron chi connectivity index (χ1n) is 9.54. The molecule has 3 aliphatic rings. The Bertz CT molecular complexity index is 538. The first-order chi connectivity index (χ1) is 11.8. The quantitative estimate of drug-likeness (QED) is 0.899. The summed E-state index contributed by atoms with van der Waals surface area (Å²) in [7, 11) is 0. The van der Waals surface area contributed by atoms with E-state index in [9.17, 15) is 4.79 Å². The molecule has 1 amide bonds. The summed E-state index contributed by atoms with van der Waals surface area (Å²) in [5.41, 5.74) is -0.477. The fourth-order valence-corrected chi connectivity index (χ4v) is 4.74. The van der Waals surface area contributed by atoms with Crippen LogP contribution in [-0.4, -0.2) is 70.8 Å². The summed E-state index contributed by atoms with van der Waals surface area (Å²) < 4.78 is 1.92. The van der Waals surface area contributed by atoms with Gasteiger partial charge in [-0.05, 0) is 70.8 Å². The lowest BCUT2D eigenvalue weighted by Gasteiger charge is -2.43. The Morgan fingerprint density at radius 3 is 2.42 bits per heavy atom. The van der Waals surface area contributed by atoms with Crippen LogP contribution in [0.1, 0.15) is 38.5 Å². The molecule has 6 heteroatoms. The summed E-state index contributed by atoms with van der Waals surface area (Å²) in [5, 5.41) is 7.82. The summed E-state index contributed by atoms with van der Waals surface area (Å²) in [6.45, 7) is 6.07. The van der Waals surface area contributed by atoms with Crippen LogP contribution in [0.15, 0.2) is 18.5 Å². The van der Waals surface area contributed by atoms with Gasteiger partial charge >= 0.3 is 0 Å². The lowest BCUT2D eigenvalue weighted by molar-refractivity contribution is -0.144. The van der Waals surface area contributed by atoms with Crippen molar-refractivity contribution in [3.63, 3.8) is 0 Å². The third kappa shape index (κ3) is 2.86. The van der Waals surface area contributed by atoms with E-state index in [0.29, 0.717) is 6.04 Å². The highest BCUT2D eigenvalue weighted by molar-refractivity contribution is 5.84. The number of likely N-dealkylation sites (tertiary alicyclic amines) is 2. The Morgan fingerprint density at radius 1 is 1.08 bits per heavy atom. The minimum absolute atomic E-state index is 0.285. The predicted molar refractivity (Wildman–Crippen MR) is 92.7 cm³/mol. The first-order valence-corrected chi connectivity index (χ1v) is 9.54. The average Bonchev–Trinajstić information content (AvgIpc) is 3.35. The van der Waals surface area contributed by atoms with E-state index in [2.05, 4.69) is 20.2 Å². The molecule has 0 aromatic carbocycles. The van der Waals surface area contributed by atoms with Crippen LogP contribution in [-0.2, 0) is 10.3 Å². The number of nitrogens with one attached hydrogen (secondary N) is 1. The van der Waals surface area contributed by atoms with E-state index in [0.717, 1.165) is 51.9 Å². The standard InChI is InChI=1S/C18H29N5O/c24-17(18(6-9-19-10-7-18)23-13-3-8-20-23)22-14-4-16(5-15-22)21-11-1-2-12-21/h3,8,13,16,19H,1-2,4-7,9-12,14-15H2. The third-order valence-corrected chi connectivity index (χ3v) is 6.18. The number of rotatable bonds is 3. The second-order valence-electron chi connectivity index (χ2n) is 7.50. The zero-order valence-corrected chi connectivity index (χ0v) is 14.5. The van der Waals surface area contributed by atoms with Crippen molar-refractivity contribution in [2.45, 2.75) is 50.1 Å². The molecule has 0 radical (unpaired) electrons. The van der Waals surface area contributed by atoms with Crippen LogP contribution in [0.2, 0.25) is 0 Å². The molecule has 0 atom stereocenters. The fourth-order valence-electron chi connectivity index (χ4n) is 4.74. The largest absolute Gasteiger partial charge is 0.340 e. The zero-order chi connectivity index (χ0) is 16.4. The molecule has 3 saturated heterocycles. The molecule has 24 heavy (non-hydrogen) atoms. The van der Waals surface area contributed by atoms with Crippen LogP contribution in [0.3, 0.4) is 0 Å². The topological polar surface area (TPSA) is 53.4 Å². The van der Waals surface area contributed by atoms with E-state index in [-0.39, 0.29) is 5.91 Å². The molecule has 0 unspecified atom stereocenters. The van der Waals surface area contributed by atoms with E-state index in [1.807, 2.05) is 16.9 Å². The van der Waals surface area contributed by atoms with Crippen LogP contribution in [0.5, 0.6) is 0 Å². The smallest absolute Gasteiger partial charge is 0.250 e. The van der Waals surface area contributed by atoms with Crippen molar-refractivity contribution in [3.05, 3.63) is 18.5 Å². The number of hydrogen-bond donors (Lipinski definition) is 1. The van der Waals surface area contributed by atoms with Crippen molar-refractivity contribution < 1.29 is 4.79 Å². The summed E-state index contributed by atoms with van der Waals surface area (Å²) >= 11 is 0. The predicted octanol–water partition coefficient (Wildman–Crippen LogP) is 1.05. The van der Waals surface area contributed by atoms with E-state index in [4.69, 9.17) is 0 Å². The molecule has 132 valence electrons. The molecule has 0 saturated carbocycles. The van der Waals surface area contributed by atoms with Crippen LogP contribution in [0.25, 0.3) is 0 Å². The Labute approximate surface area is 144 Å². The van der Waals surface area contributed by atoms with Gasteiger partial charge in [0, 0.05) is 31.5 Å². The number of nitrogens with zero attached hydrogens (tertiary/aromatic N) is 4. The Balaban J connectivity index is 1.46. The zero-order valence-electron chi connectivity index (χ0n) is 14.5. The van der Waals surface area contributed by atoms with Gasteiger partial charge in [-0.15, -0.1) is 0 Å². The molecule has 1 aromatic heterocycles. The maximum atomic E-state index is 13.4. The number of carbonyl (C=O) groups excluding carboxylic acids is 1. The number of aromatic nitrogens is 2. The fraction of sp³-hybridized carbons (Fsp3) is 0.778. The van der Waals surface area contributed by atoms with Crippen molar-refractivity contribution in [2.75, 3.05) is 39.3 Å². The van der Waals surface area contributed by atoms with Gasteiger partial charge < -0.3 is 15.1 Å². The summed E-state index contributed by atoms with van der Waals surface area (Å²) in [5.74, 6) is 0.285. The molecule has 0 spiro atoms. The molecule has 0 bridgehead atoms. The number of carbonyl (C=O) groups is 1. The van der Waals surface area contributed by atoms with Crippen molar-refractivity contribution in [1.29, 1.82) is 0 Å². The maximum Gasteiger partial charge on any atom is 0.250 e. The Hall–Kier alpha value is -1.40. The lowest BCUT2D eigenvalue weighted by atomic mass is 9.86. The van der Waals surface area contributed by atoms with E-state index < -0.39 is 5.54 Å². The van der Waals surface area contributed by atoms with Crippen molar-refractivity contribution in [1.82, 2.24) is 24.9 Å². The highest BCUT2D eigenvalue weighted by Gasteiger charge is 2.45. The molecule has 1 N–H and O–H groups in total. The lowest BCUT2D eigenvalue weighted by Crippen LogP contribution is -2.58. The minimum atomic E-state index is -0.477. The Kier molecular flexibility index (Phi) is 4.59. The summed E-state index contributed by atoms with van der Waals surface area (Å²) in [6.07, 6.45) is 10.3. The molecular formula is C18H29N5O. The average molecular weight is 331 g/mol. The monoisotopic (exact) mass is 331 g/mol. The van der Waals surface area contributed by atoms with Gasteiger partial charge in [-0.2, -0.15) is 5.10 Å². The van der Waals surface area contributed by atoms with Gasteiger partial charge in [0.1, 0.15) is 5.54 Å². The second-order valence-corrected chi connectivity index (χ2v) is 7.50. The van der Waals surface area contributed by atoms with Crippen LogP contribution >= 0.6 is 0 Å². The van der Waals surface area contributed by atoms with Gasteiger partial charge in [-0.25, -0.2) is 0 Å². The second kappa shape index (κ2) is 6.84. The number of hydrogen-bond acceptors (Lipinski definition) is 4. The first kappa shape index (κ1) is 16.1. The van der Waals surface area contributed by atoms with Gasteiger partial charge in [0.2, 0.25) is 0 Å². The molecule has 4 rings (SSSR count). The SMILES string of the molecule is O=C(N1CCC(N2CCCC2)CC1)C1(n2cccn2)CCNCC1. The highest BCUT2D eigenvalue weighted by Crippen LogP contribution is 2.31. The minimum Gasteiger partial charge on any atom is -0.340 e. The number of piperidine rings is 2. The van der Waals surface area contributed by atoms with Crippen LogP contribution < -0.4 is 5.32 Å². The molecule has 3 aliphatic heterocycles. The van der Waals surface area contributed by atoms with Crippen LogP contribution in [0.4, 0.5) is 0 Å².